The van der Waals surface area contributed by atoms with Crippen LogP contribution in [0, 0.1) is 0 Å². The van der Waals surface area contributed by atoms with Crippen molar-refractivity contribution >= 4 is 22.1 Å². The van der Waals surface area contributed by atoms with Gasteiger partial charge in [-0.2, -0.15) is 8.42 Å². The minimum Gasteiger partial charge on any atom is -0.423 e. The largest absolute Gasteiger partial charge is 0.423 e. The number of carbonyl (C=O) groups is 2. The van der Waals surface area contributed by atoms with Gasteiger partial charge in [0.05, 0.1) is 0 Å². The summed E-state index contributed by atoms with van der Waals surface area (Å²) in [6, 6.07) is 2.12. The van der Waals surface area contributed by atoms with Crippen molar-refractivity contribution in [1.82, 2.24) is 0 Å². The van der Waals surface area contributed by atoms with E-state index in [0.29, 0.717) is 0 Å². The topological polar surface area (TPSA) is 107 Å². The molecule has 0 aromatic heterocycles. The molecule has 0 saturated heterocycles. The van der Waals surface area contributed by atoms with Crippen LogP contribution in [0.1, 0.15) is 12.5 Å². The van der Waals surface area contributed by atoms with Gasteiger partial charge in [0.2, 0.25) is 0 Å². The zero-order chi connectivity index (χ0) is 16.9. The van der Waals surface area contributed by atoms with Crippen LogP contribution in [-0.2, 0) is 26.1 Å². The van der Waals surface area contributed by atoms with Crippen LogP contribution in [0.25, 0.3) is 0 Å². The number of esters is 2. The molecule has 0 atom stereocenters. The van der Waals surface area contributed by atoms with E-state index in [-0.39, 0.29) is 23.5 Å². The molecule has 1 rings (SSSR count). The van der Waals surface area contributed by atoms with Crippen LogP contribution in [0.4, 0.5) is 0 Å². The van der Waals surface area contributed by atoms with Gasteiger partial charge < -0.3 is 9.47 Å². The molecule has 0 amide bonds. The molecule has 8 heteroatoms. The molecule has 0 aliphatic heterocycles. The predicted octanol–water partition coefficient (Wildman–Crippen LogP) is 1.68. The highest BCUT2D eigenvalue weighted by Crippen LogP contribution is 2.32. The number of hydrogen-bond acceptors (Lipinski definition) is 6. The summed E-state index contributed by atoms with van der Waals surface area (Å²) in [5, 5.41) is 0. The van der Waals surface area contributed by atoms with Crippen molar-refractivity contribution in [3.05, 3.63) is 43.0 Å². The third-order valence-corrected chi connectivity index (χ3v) is 3.46. The van der Waals surface area contributed by atoms with Gasteiger partial charge in [0.25, 0.3) is 10.1 Å². The minimum absolute atomic E-state index is 0.0658. The molecular formula is C14H14O7S. The first-order chi connectivity index (χ1) is 10.2. The summed E-state index contributed by atoms with van der Waals surface area (Å²) in [7, 11) is -4.61. The van der Waals surface area contributed by atoms with E-state index in [2.05, 4.69) is 13.2 Å². The molecule has 0 fully saturated rings. The fourth-order valence-electron chi connectivity index (χ4n) is 1.63. The Bertz CT molecular complexity index is 732. The normalized spacial score (nSPS) is 10.6. The van der Waals surface area contributed by atoms with Gasteiger partial charge in [0.1, 0.15) is 16.4 Å². The quantitative estimate of drug-likeness (QED) is 0.367. The first-order valence-corrected chi connectivity index (χ1v) is 7.49. The average molecular weight is 326 g/mol. The Kier molecular flexibility index (Phi) is 5.61. The third-order valence-electron chi connectivity index (χ3n) is 2.54. The molecule has 0 bridgehead atoms. The summed E-state index contributed by atoms with van der Waals surface area (Å²) in [6.07, 6.45) is 1.90. The molecule has 118 valence electrons. The maximum absolute atomic E-state index is 11.5. The first-order valence-electron chi connectivity index (χ1n) is 6.05. The maximum atomic E-state index is 11.5. The van der Waals surface area contributed by atoms with E-state index in [1.807, 2.05) is 0 Å². The lowest BCUT2D eigenvalue weighted by molar-refractivity contribution is -0.129. The summed E-state index contributed by atoms with van der Waals surface area (Å²) in [4.78, 5) is 22.0. The van der Waals surface area contributed by atoms with Crippen molar-refractivity contribution in [3.8, 4) is 11.5 Å². The summed E-state index contributed by atoms with van der Waals surface area (Å²) >= 11 is 0. The maximum Gasteiger partial charge on any atom is 0.335 e. The van der Waals surface area contributed by atoms with Crippen LogP contribution < -0.4 is 9.47 Å². The second kappa shape index (κ2) is 7.01. The Labute approximate surface area is 127 Å². The van der Waals surface area contributed by atoms with Gasteiger partial charge in [-0.1, -0.05) is 20.1 Å². The van der Waals surface area contributed by atoms with E-state index in [0.717, 1.165) is 24.3 Å². The number of ether oxygens (including phenoxy) is 2. The Morgan fingerprint density at radius 2 is 1.73 bits per heavy atom. The first kappa shape index (κ1) is 17.6. The Hall–Kier alpha value is -2.45. The van der Waals surface area contributed by atoms with E-state index in [1.165, 1.54) is 0 Å². The molecule has 0 unspecified atom stereocenters. The fraction of sp³-hybridized carbons (Fsp3) is 0.143. The van der Waals surface area contributed by atoms with Gasteiger partial charge in [0.15, 0.2) is 0 Å². The van der Waals surface area contributed by atoms with E-state index in [1.54, 1.807) is 6.92 Å². The SMILES string of the molecule is C=CC(=O)Oc1cc(OC(=O)C=C)c(CC)c(S(=O)(=O)O)c1. The molecule has 0 aliphatic rings. The van der Waals surface area contributed by atoms with Crippen molar-refractivity contribution in [2.45, 2.75) is 18.2 Å². The fourth-order valence-corrected chi connectivity index (χ4v) is 2.45. The average Bonchev–Trinajstić information content (AvgIpc) is 2.45. The Balaban J connectivity index is 3.54. The van der Waals surface area contributed by atoms with Crippen molar-refractivity contribution in [2.75, 3.05) is 0 Å². The molecular weight excluding hydrogens is 312 g/mol. The number of carbonyl (C=O) groups excluding carboxylic acids is 2. The number of benzene rings is 1. The standard InChI is InChI=1S/C14H14O7S/c1-4-10-11(21-14(16)6-3)7-9(20-13(15)5-2)8-12(10)22(17,18)19/h5-8H,2-4H2,1H3,(H,17,18,19). The second-order valence-electron chi connectivity index (χ2n) is 3.98. The van der Waals surface area contributed by atoms with Crippen molar-refractivity contribution in [3.63, 3.8) is 0 Å². The summed E-state index contributed by atoms with van der Waals surface area (Å²) in [5.74, 6) is -2.05. The molecule has 0 spiro atoms. The second-order valence-corrected chi connectivity index (χ2v) is 5.37. The molecule has 1 aromatic carbocycles. The van der Waals surface area contributed by atoms with Gasteiger partial charge in [0, 0.05) is 29.8 Å². The lowest BCUT2D eigenvalue weighted by atomic mass is 10.1. The van der Waals surface area contributed by atoms with Gasteiger partial charge in [-0.05, 0) is 6.42 Å². The van der Waals surface area contributed by atoms with Gasteiger partial charge in [-0.25, -0.2) is 9.59 Å². The van der Waals surface area contributed by atoms with Crippen LogP contribution >= 0.6 is 0 Å². The van der Waals surface area contributed by atoms with Crippen molar-refractivity contribution in [2.24, 2.45) is 0 Å². The zero-order valence-electron chi connectivity index (χ0n) is 11.7. The van der Waals surface area contributed by atoms with Crippen LogP contribution in [0.5, 0.6) is 11.5 Å². The zero-order valence-corrected chi connectivity index (χ0v) is 12.6. The molecule has 7 nitrogen and oxygen atoms in total. The summed E-state index contributed by atoms with van der Waals surface area (Å²) < 4.78 is 41.9. The molecule has 0 saturated carbocycles. The summed E-state index contributed by atoms with van der Waals surface area (Å²) in [5.41, 5.74) is 0.0658. The highest BCUT2D eigenvalue weighted by Gasteiger charge is 2.22. The van der Waals surface area contributed by atoms with Gasteiger partial charge >= 0.3 is 11.9 Å². The molecule has 22 heavy (non-hydrogen) atoms. The predicted molar refractivity (Wildman–Crippen MR) is 77.3 cm³/mol. The highest BCUT2D eigenvalue weighted by atomic mass is 32.2. The molecule has 1 N–H and O–H groups in total. The van der Waals surface area contributed by atoms with Crippen molar-refractivity contribution in [1.29, 1.82) is 0 Å². The minimum atomic E-state index is -4.61. The Morgan fingerprint density at radius 1 is 1.18 bits per heavy atom. The Morgan fingerprint density at radius 3 is 2.18 bits per heavy atom. The number of rotatable bonds is 6. The monoisotopic (exact) mass is 326 g/mol. The van der Waals surface area contributed by atoms with Gasteiger partial charge in [-0.3, -0.25) is 4.55 Å². The smallest absolute Gasteiger partial charge is 0.335 e. The number of hydrogen-bond donors (Lipinski definition) is 1. The van der Waals surface area contributed by atoms with Crippen LogP contribution in [0.3, 0.4) is 0 Å². The van der Waals surface area contributed by atoms with Crippen molar-refractivity contribution < 1.29 is 32.0 Å². The third kappa shape index (κ3) is 4.27. The molecule has 0 aliphatic carbocycles. The highest BCUT2D eigenvalue weighted by molar-refractivity contribution is 7.85. The van der Waals surface area contributed by atoms with E-state index in [9.17, 15) is 22.6 Å². The molecule has 1 aromatic rings. The summed E-state index contributed by atoms with van der Waals surface area (Å²) in [6.45, 7) is 8.03. The molecule has 0 heterocycles. The van der Waals surface area contributed by atoms with Gasteiger partial charge in [-0.15, -0.1) is 0 Å². The van der Waals surface area contributed by atoms with E-state index < -0.39 is 27.0 Å². The lowest BCUT2D eigenvalue weighted by Crippen LogP contribution is -2.11. The lowest BCUT2D eigenvalue weighted by Gasteiger charge is -2.13. The molecule has 0 radical (unpaired) electrons. The van der Waals surface area contributed by atoms with Crippen LogP contribution in [0.15, 0.2) is 42.3 Å². The van der Waals surface area contributed by atoms with Crippen LogP contribution in [-0.4, -0.2) is 24.9 Å². The van der Waals surface area contributed by atoms with E-state index >= 15 is 0 Å². The van der Waals surface area contributed by atoms with Crippen LogP contribution in [0.2, 0.25) is 0 Å². The van der Waals surface area contributed by atoms with E-state index in [4.69, 9.17) is 9.47 Å².